The van der Waals surface area contributed by atoms with E-state index in [9.17, 15) is 5.11 Å². The summed E-state index contributed by atoms with van der Waals surface area (Å²) in [5, 5.41) is 9.58. The first-order valence-corrected chi connectivity index (χ1v) is 7.72. The van der Waals surface area contributed by atoms with E-state index >= 15 is 0 Å². The number of rotatable bonds is 1. The van der Waals surface area contributed by atoms with Crippen LogP contribution in [-0.2, 0) is 0 Å². The van der Waals surface area contributed by atoms with E-state index in [0.29, 0.717) is 16.6 Å². The SMILES string of the molecule is OCC1[C@@H]2CC[C@@H](C2)C12SCCCS2. The van der Waals surface area contributed by atoms with E-state index in [1.54, 1.807) is 0 Å². The van der Waals surface area contributed by atoms with Gasteiger partial charge in [0.2, 0.25) is 0 Å². The molecule has 1 saturated heterocycles. The standard InChI is InChI=1S/C11H18OS2/c12-7-10-8-2-3-9(6-8)11(10)13-4-1-5-14-11/h8-10,12H,1-7H2/t8-,9+,10?/m1/s1. The maximum absolute atomic E-state index is 9.58. The molecule has 1 N–H and O–H groups in total. The van der Waals surface area contributed by atoms with Crippen molar-refractivity contribution in [2.75, 3.05) is 18.1 Å². The first-order chi connectivity index (χ1) is 6.87. The Balaban J connectivity index is 1.88. The molecule has 1 spiro atoms. The molecule has 3 fully saturated rings. The molecule has 0 aromatic carbocycles. The third-order valence-corrected chi connectivity index (χ3v) is 8.14. The number of aliphatic hydroxyl groups is 1. The van der Waals surface area contributed by atoms with Crippen molar-refractivity contribution in [3.63, 3.8) is 0 Å². The zero-order valence-corrected chi connectivity index (χ0v) is 10.1. The Labute approximate surface area is 94.4 Å². The third-order valence-electron chi connectivity index (χ3n) is 4.27. The number of hydrogen-bond donors (Lipinski definition) is 1. The van der Waals surface area contributed by atoms with Gasteiger partial charge in [0, 0.05) is 12.5 Å². The second-order valence-corrected chi connectivity index (χ2v) is 7.83. The molecule has 0 radical (unpaired) electrons. The van der Waals surface area contributed by atoms with Crippen LogP contribution in [0.2, 0.25) is 0 Å². The topological polar surface area (TPSA) is 20.2 Å². The molecule has 1 nitrogen and oxygen atoms in total. The predicted octanol–water partition coefficient (Wildman–Crippen LogP) is 2.59. The highest BCUT2D eigenvalue weighted by Gasteiger charge is 2.58. The van der Waals surface area contributed by atoms with Gasteiger partial charge in [-0.15, -0.1) is 23.5 Å². The minimum Gasteiger partial charge on any atom is -0.396 e. The van der Waals surface area contributed by atoms with Gasteiger partial charge >= 0.3 is 0 Å². The number of aliphatic hydroxyl groups excluding tert-OH is 1. The summed E-state index contributed by atoms with van der Waals surface area (Å²) < 4.78 is 0.440. The van der Waals surface area contributed by atoms with Crippen LogP contribution in [0.15, 0.2) is 0 Å². The van der Waals surface area contributed by atoms with Crippen LogP contribution >= 0.6 is 23.5 Å². The van der Waals surface area contributed by atoms with Crippen LogP contribution in [0.1, 0.15) is 25.7 Å². The summed E-state index contributed by atoms with van der Waals surface area (Å²) in [6, 6.07) is 0. The van der Waals surface area contributed by atoms with Gasteiger partial charge in [0.15, 0.2) is 0 Å². The molecular formula is C11H18OS2. The number of hydrogen-bond acceptors (Lipinski definition) is 3. The summed E-state index contributed by atoms with van der Waals surface area (Å²) in [4.78, 5) is 0. The molecule has 0 aromatic rings. The van der Waals surface area contributed by atoms with E-state index < -0.39 is 0 Å². The maximum atomic E-state index is 9.58. The molecule has 1 heterocycles. The lowest BCUT2D eigenvalue weighted by Gasteiger charge is -2.44. The Morgan fingerprint density at radius 1 is 1.21 bits per heavy atom. The Morgan fingerprint density at radius 3 is 2.71 bits per heavy atom. The Bertz CT molecular complexity index is 225. The quantitative estimate of drug-likeness (QED) is 0.748. The first kappa shape index (κ1) is 9.86. The van der Waals surface area contributed by atoms with Crippen LogP contribution < -0.4 is 0 Å². The van der Waals surface area contributed by atoms with E-state index in [2.05, 4.69) is 23.5 Å². The second-order valence-electron chi connectivity index (χ2n) is 4.83. The van der Waals surface area contributed by atoms with Gasteiger partial charge in [0.1, 0.15) is 0 Å². The molecule has 2 aliphatic carbocycles. The van der Waals surface area contributed by atoms with Crippen molar-refractivity contribution in [3.8, 4) is 0 Å². The van der Waals surface area contributed by atoms with Gasteiger partial charge in [-0.1, -0.05) is 0 Å². The molecular weight excluding hydrogens is 212 g/mol. The van der Waals surface area contributed by atoms with Crippen LogP contribution in [0.3, 0.4) is 0 Å². The van der Waals surface area contributed by atoms with Gasteiger partial charge < -0.3 is 5.11 Å². The van der Waals surface area contributed by atoms with Crippen LogP contribution in [0, 0.1) is 17.8 Å². The Hall–Kier alpha value is 0.660. The molecule has 3 rings (SSSR count). The van der Waals surface area contributed by atoms with Gasteiger partial charge in [-0.2, -0.15) is 0 Å². The van der Waals surface area contributed by atoms with Gasteiger partial charge in [-0.05, 0) is 49.0 Å². The molecule has 1 unspecified atom stereocenters. The fourth-order valence-electron chi connectivity index (χ4n) is 3.67. The average molecular weight is 230 g/mol. The summed E-state index contributed by atoms with van der Waals surface area (Å²) in [6.45, 7) is 0.432. The lowest BCUT2D eigenvalue weighted by Crippen LogP contribution is -2.41. The molecule has 2 saturated carbocycles. The molecule has 3 aliphatic rings. The molecule has 3 atom stereocenters. The fourth-order valence-corrected chi connectivity index (χ4v) is 7.76. The van der Waals surface area contributed by atoms with Crippen LogP contribution in [0.4, 0.5) is 0 Å². The van der Waals surface area contributed by atoms with Crippen molar-refractivity contribution in [1.29, 1.82) is 0 Å². The summed E-state index contributed by atoms with van der Waals surface area (Å²) in [5.41, 5.74) is 0. The maximum Gasteiger partial charge on any atom is 0.0691 e. The largest absolute Gasteiger partial charge is 0.396 e. The smallest absolute Gasteiger partial charge is 0.0691 e. The summed E-state index contributed by atoms with van der Waals surface area (Å²) in [5.74, 6) is 5.03. The molecule has 1 aliphatic heterocycles. The molecule has 0 amide bonds. The predicted molar refractivity (Wildman–Crippen MR) is 63.7 cm³/mol. The Kier molecular flexibility index (Phi) is 2.53. The summed E-state index contributed by atoms with van der Waals surface area (Å²) >= 11 is 4.34. The lowest BCUT2D eigenvalue weighted by atomic mass is 9.88. The van der Waals surface area contributed by atoms with E-state index in [4.69, 9.17) is 0 Å². The van der Waals surface area contributed by atoms with Crippen LogP contribution in [0.5, 0.6) is 0 Å². The molecule has 80 valence electrons. The first-order valence-electron chi connectivity index (χ1n) is 5.75. The van der Waals surface area contributed by atoms with Crippen LogP contribution in [-0.4, -0.2) is 27.3 Å². The summed E-state index contributed by atoms with van der Waals surface area (Å²) in [6.07, 6.45) is 5.60. The number of fused-ring (bicyclic) bond motifs is 3. The van der Waals surface area contributed by atoms with Gasteiger partial charge in [0.05, 0.1) is 4.08 Å². The van der Waals surface area contributed by atoms with E-state index in [1.165, 1.54) is 37.2 Å². The molecule has 3 heteroatoms. The average Bonchev–Trinajstić information content (AvgIpc) is 2.78. The van der Waals surface area contributed by atoms with Crippen molar-refractivity contribution < 1.29 is 5.11 Å². The zero-order valence-electron chi connectivity index (χ0n) is 8.45. The monoisotopic (exact) mass is 230 g/mol. The van der Waals surface area contributed by atoms with Crippen molar-refractivity contribution in [2.24, 2.45) is 17.8 Å². The van der Waals surface area contributed by atoms with Crippen molar-refractivity contribution in [1.82, 2.24) is 0 Å². The molecule has 14 heavy (non-hydrogen) atoms. The normalized spacial score (nSPS) is 44.8. The van der Waals surface area contributed by atoms with E-state index in [1.807, 2.05) is 0 Å². The minimum absolute atomic E-state index is 0.432. The van der Waals surface area contributed by atoms with Gasteiger partial charge in [-0.3, -0.25) is 0 Å². The fraction of sp³-hybridized carbons (Fsp3) is 1.00. The molecule has 2 bridgehead atoms. The zero-order chi connectivity index (χ0) is 9.60. The molecule has 0 aromatic heterocycles. The minimum atomic E-state index is 0.432. The third kappa shape index (κ3) is 1.21. The Morgan fingerprint density at radius 2 is 2.00 bits per heavy atom. The van der Waals surface area contributed by atoms with Crippen LogP contribution in [0.25, 0.3) is 0 Å². The van der Waals surface area contributed by atoms with Crippen molar-refractivity contribution in [3.05, 3.63) is 0 Å². The second kappa shape index (κ2) is 3.60. The highest BCUT2D eigenvalue weighted by Crippen LogP contribution is 2.66. The van der Waals surface area contributed by atoms with Crippen molar-refractivity contribution in [2.45, 2.75) is 29.8 Å². The highest BCUT2D eigenvalue weighted by atomic mass is 32.2. The van der Waals surface area contributed by atoms with E-state index in [0.717, 1.165) is 11.8 Å². The number of thioether (sulfide) groups is 2. The highest BCUT2D eigenvalue weighted by molar-refractivity contribution is 8.18. The summed E-state index contributed by atoms with van der Waals surface area (Å²) in [7, 11) is 0. The van der Waals surface area contributed by atoms with Gasteiger partial charge in [-0.25, -0.2) is 0 Å². The lowest BCUT2D eigenvalue weighted by molar-refractivity contribution is 0.173. The van der Waals surface area contributed by atoms with Gasteiger partial charge in [0.25, 0.3) is 0 Å². The van der Waals surface area contributed by atoms with Crippen molar-refractivity contribution >= 4 is 23.5 Å². The van der Waals surface area contributed by atoms with E-state index in [-0.39, 0.29) is 0 Å².